The number of hydrogen-bond acceptors (Lipinski definition) is 4. The molecule has 0 bridgehead atoms. The van der Waals surface area contributed by atoms with Gasteiger partial charge in [0.1, 0.15) is 17.1 Å². The summed E-state index contributed by atoms with van der Waals surface area (Å²) in [6.07, 6.45) is -2.39. The van der Waals surface area contributed by atoms with Crippen molar-refractivity contribution in [1.29, 1.82) is 0 Å². The number of rotatable bonds is 2. The molecule has 19 heavy (non-hydrogen) atoms. The molecule has 0 saturated carbocycles. The topological polar surface area (TPSA) is 96.7 Å². The summed E-state index contributed by atoms with van der Waals surface area (Å²) in [6, 6.07) is 1.87. The highest BCUT2D eigenvalue weighted by Gasteiger charge is 2.32. The Morgan fingerprint density at radius 2 is 2.05 bits per heavy atom. The fourth-order valence-electron chi connectivity index (χ4n) is 1.31. The number of hydrogen-bond donors (Lipinski definition) is 3. The van der Waals surface area contributed by atoms with Crippen molar-refractivity contribution in [3.63, 3.8) is 0 Å². The van der Waals surface area contributed by atoms with E-state index in [-0.39, 0.29) is 17.1 Å². The average Bonchev–Trinajstić information content (AvgIpc) is 2.75. The summed E-state index contributed by atoms with van der Waals surface area (Å²) in [7, 11) is 0. The molecule has 6 nitrogen and oxygen atoms in total. The first-order valence-corrected chi connectivity index (χ1v) is 5.01. The Labute approximate surface area is 104 Å². The van der Waals surface area contributed by atoms with Gasteiger partial charge in [-0.05, 0) is 12.1 Å². The summed E-state index contributed by atoms with van der Waals surface area (Å²) < 4.78 is 36.8. The predicted octanol–water partition coefficient (Wildman–Crippen LogP) is 1.66. The first kappa shape index (κ1) is 12.9. The van der Waals surface area contributed by atoms with Crippen molar-refractivity contribution >= 4 is 17.4 Å². The number of anilines is 2. The lowest BCUT2D eigenvalue weighted by Gasteiger charge is -2.07. The first-order valence-electron chi connectivity index (χ1n) is 5.01. The normalized spacial score (nSPS) is 11.3. The Kier molecular flexibility index (Phi) is 3.11. The molecule has 0 aliphatic rings. The summed E-state index contributed by atoms with van der Waals surface area (Å²) in [5, 5.41) is 8.28. The number of alkyl halides is 3. The van der Waals surface area contributed by atoms with Crippen LogP contribution >= 0.6 is 0 Å². The number of carbonyl (C=O) groups is 1. The van der Waals surface area contributed by atoms with E-state index in [0.29, 0.717) is 0 Å². The maximum Gasteiger partial charge on any atom is 0.433 e. The van der Waals surface area contributed by atoms with E-state index in [2.05, 4.69) is 20.5 Å². The Bertz CT molecular complexity index is 590. The maximum atomic E-state index is 12.3. The number of nitrogens with zero attached hydrogens (tertiary/aromatic N) is 2. The number of aromatic amines is 1. The lowest BCUT2D eigenvalue weighted by molar-refractivity contribution is -0.141. The minimum atomic E-state index is -4.52. The van der Waals surface area contributed by atoms with Gasteiger partial charge in [-0.1, -0.05) is 0 Å². The van der Waals surface area contributed by atoms with Gasteiger partial charge in [0.15, 0.2) is 0 Å². The summed E-state index contributed by atoms with van der Waals surface area (Å²) in [5.74, 6) is -0.523. The second-order valence-corrected chi connectivity index (χ2v) is 3.58. The number of nitrogen functional groups attached to an aromatic ring is 1. The fourth-order valence-corrected chi connectivity index (χ4v) is 1.31. The van der Waals surface area contributed by atoms with Gasteiger partial charge in [-0.15, -0.1) is 0 Å². The smallest absolute Gasteiger partial charge is 0.383 e. The molecule has 0 aliphatic heterocycles. The predicted molar refractivity (Wildman–Crippen MR) is 60.2 cm³/mol. The summed E-state index contributed by atoms with van der Waals surface area (Å²) in [5.41, 5.74) is 4.62. The lowest BCUT2D eigenvalue weighted by atomic mass is 10.3. The van der Waals surface area contributed by atoms with Crippen LogP contribution in [-0.2, 0) is 6.18 Å². The summed E-state index contributed by atoms with van der Waals surface area (Å²) >= 11 is 0. The Balaban J connectivity index is 2.12. The largest absolute Gasteiger partial charge is 0.433 e. The third-order valence-electron chi connectivity index (χ3n) is 2.23. The van der Waals surface area contributed by atoms with Crippen LogP contribution in [0.3, 0.4) is 0 Å². The van der Waals surface area contributed by atoms with Gasteiger partial charge in [-0.3, -0.25) is 9.89 Å². The number of halogens is 3. The van der Waals surface area contributed by atoms with Gasteiger partial charge >= 0.3 is 6.18 Å². The third-order valence-corrected chi connectivity index (χ3v) is 2.23. The van der Waals surface area contributed by atoms with E-state index in [1.54, 1.807) is 0 Å². The third kappa shape index (κ3) is 2.81. The highest BCUT2D eigenvalue weighted by molar-refractivity contribution is 6.06. The molecule has 0 atom stereocenters. The molecule has 0 saturated heterocycles. The van der Waals surface area contributed by atoms with Crippen LogP contribution in [0.25, 0.3) is 0 Å². The second kappa shape index (κ2) is 4.59. The number of amides is 1. The molecule has 0 radical (unpaired) electrons. The standard InChI is InChI=1S/C10H8F3N5O/c11-10(12,13)7-2-1-5(3-15-7)17-9(19)6-4-16-18-8(6)14/h1-4H,(H,17,19)(H3,14,16,18). The van der Waals surface area contributed by atoms with Crippen molar-refractivity contribution in [2.75, 3.05) is 11.1 Å². The molecule has 0 aliphatic carbocycles. The molecule has 4 N–H and O–H groups in total. The zero-order valence-corrected chi connectivity index (χ0v) is 9.32. The Hall–Kier alpha value is -2.58. The van der Waals surface area contributed by atoms with Gasteiger partial charge in [0.25, 0.3) is 5.91 Å². The van der Waals surface area contributed by atoms with Crippen LogP contribution < -0.4 is 11.1 Å². The first-order chi connectivity index (χ1) is 8.88. The van der Waals surface area contributed by atoms with Crippen LogP contribution in [0, 0.1) is 0 Å². The van der Waals surface area contributed by atoms with Gasteiger partial charge in [-0.25, -0.2) is 4.98 Å². The minimum Gasteiger partial charge on any atom is -0.383 e. The van der Waals surface area contributed by atoms with Crippen LogP contribution in [0.1, 0.15) is 16.1 Å². The van der Waals surface area contributed by atoms with Crippen molar-refractivity contribution in [3.05, 3.63) is 35.8 Å². The Morgan fingerprint density at radius 3 is 2.53 bits per heavy atom. The summed E-state index contributed by atoms with van der Waals surface area (Å²) in [6.45, 7) is 0. The van der Waals surface area contributed by atoms with Gasteiger partial charge in [0, 0.05) is 0 Å². The molecule has 1 amide bonds. The molecule has 9 heteroatoms. The number of carbonyl (C=O) groups excluding carboxylic acids is 1. The molecule has 2 heterocycles. The molecule has 100 valence electrons. The van der Waals surface area contributed by atoms with E-state index in [1.165, 1.54) is 6.20 Å². The number of nitrogens with one attached hydrogen (secondary N) is 2. The van der Waals surface area contributed by atoms with E-state index >= 15 is 0 Å². The fraction of sp³-hybridized carbons (Fsp3) is 0.100. The zero-order valence-electron chi connectivity index (χ0n) is 9.32. The minimum absolute atomic E-state index is 0.0670. The average molecular weight is 271 g/mol. The molecule has 2 aromatic heterocycles. The van der Waals surface area contributed by atoms with Crippen molar-refractivity contribution in [2.45, 2.75) is 6.18 Å². The van der Waals surface area contributed by atoms with Crippen molar-refractivity contribution < 1.29 is 18.0 Å². The molecule has 0 fully saturated rings. The molecule has 0 aromatic carbocycles. The lowest BCUT2D eigenvalue weighted by Crippen LogP contribution is -2.14. The Morgan fingerprint density at radius 1 is 1.32 bits per heavy atom. The van der Waals surface area contributed by atoms with Crippen LogP contribution in [0.5, 0.6) is 0 Å². The van der Waals surface area contributed by atoms with Crippen LogP contribution in [0.2, 0.25) is 0 Å². The van der Waals surface area contributed by atoms with Crippen molar-refractivity contribution in [1.82, 2.24) is 15.2 Å². The number of aromatic nitrogens is 3. The highest BCUT2D eigenvalue weighted by Crippen LogP contribution is 2.27. The van der Waals surface area contributed by atoms with Crippen LogP contribution in [0.4, 0.5) is 24.7 Å². The van der Waals surface area contributed by atoms with Crippen LogP contribution in [0.15, 0.2) is 24.5 Å². The molecule has 2 rings (SSSR count). The van der Waals surface area contributed by atoms with E-state index in [1.807, 2.05) is 0 Å². The van der Waals surface area contributed by atoms with E-state index in [0.717, 1.165) is 18.3 Å². The molecule has 0 spiro atoms. The van der Waals surface area contributed by atoms with Gasteiger partial charge in [0.05, 0.1) is 18.1 Å². The molecular weight excluding hydrogens is 263 g/mol. The monoisotopic (exact) mass is 271 g/mol. The maximum absolute atomic E-state index is 12.3. The van der Waals surface area contributed by atoms with Crippen LogP contribution in [-0.4, -0.2) is 21.1 Å². The van der Waals surface area contributed by atoms with Crippen molar-refractivity contribution in [2.24, 2.45) is 0 Å². The van der Waals surface area contributed by atoms with E-state index < -0.39 is 17.8 Å². The molecular formula is C10H8F3N5O. The van der Waals surface area contributed by atoms with Gasteiger partial charge in [0.2, 0.25) is 0 Å². The quantitative estimate of drug-likeness (QED) is 0.773. The number of nitrogens with two attached hydrogens (primary N) is 1. The second-order valence-electron chi connectivity index (χ2n) is 3.58. The summed E-state index contributed by atoms with van der Waals surface area (Å²) in [4.78, 5) is 14.9. The number of H-pyrrole nitrogens is 1. The molecule has 2 aromatic rings. The zero-order chi connectivity index (χ0) is 14.0. The number of pyridine rings is 1. The highest BCUT2D eigenvalue weighted by atomic mass is 19.4. The van der Waals surface area contributed by atoms with Crippen molar-refractivity contribution in [3.8, 4) is 0 Å². The SMILES string of the molecule is Nc1[nH]ncc1C(=O)Nc1ccc(C(F)(F)F)nc1. The van der Waals surface area contributed by atoms with Gasteiger partial charge < -0.3 is 11.1 Å². The van der Waals surface area contributed by atoms with E-state index in [4.69, 9.17) is 5.73 Å². The van der Waals surface area contributed by atoms with Gasteiger partial charge in [-0.2, -0.15) is 18.3 Å². The molecule has 0 unspecified atom stereocenters. The van der Waals surface area contributed by atoms with E-state index in [9.17, 15) is 18.0 Å².